The van der Waals surface area contributed by atoms with Crippen LogP contribution in [-0.2, 0) is 11.3 Å². The molecule has 0 spiro atoms. The number of hydrogen-bond acceptors (Lipinski definition) is 3. The number of benzene rings is 3. The third-order valence-electron chi connectivity index (χ3n) is 4.35. The summed E-state index contributed by atoms with van der Waals surface area (Å²) in [6.45, 7) is 4.59. The molecule has 0 aliphatic heterocycles. The van der Waals surface area contributed by atoms with Crippen LogP contribution in [0.1, 0.15) is 16.7 Å². The summed E-state index contributed by atoms with van der Waals surface area (Å²) >= 11 is 6.08. The number of para-hydroxylation sites is 1. The molecule has 0 saturated heterocycles. The van der Waals surface area contributed by atoms with Crippen LogP contribution in [0.25, 0.3) is 0 Å². The molecule has 0 saturated carbocycles. The molecule has 3 aromatic carbocycles. The van der Waals surface area contributed by atoms with E-state index in [1.807, 2.05) is 55.5 Å². The highest BCUT2D eigenvalue weighted by atomic mass is 35.5. The maximum Gasteiger partial charge on any atom is 0.262 e. The number of anilines is 2. The minimum Gasteiger partial charge on any atom is -0.484 e. The van der Waals surface area contributed by atoms with E-state index in [1.165, 1.54) is 5.56 Å². The SMILES string of the molecule is Cc1ccc(NC(=O)COc2cccc(CNc3ccccc3C)c2)cc1Cl. The van der Waals surface area contributed by atoms with E-state index in [0.29, 0.717) is 23.0 Å². The number of halogens is 1. The number of aryl methyl sites for hydroxylation is 2. The van der Waals surface area contributed by atoms with E-state index in [-0.39, 0.29) is 12.5 Å². The van der Waals surface area contributed by atoms with Gasteiger partial charge in [0.05, 0.1) is 0 Å². The Morgan fingerprint density at radius 1 is 0.964 bits per heavy atom. The molecule has 3 rings (SSSR count). The van der Waals surface area contributed by atoms with Crippen LogP contribution in [0.5, 0.6) is 5.75 Å². The number of carbonyl (C=O) groups is 1. The summed E-state index contributed by atoms with van der Waals surface area (Å²) < 4.78 is 5.64. The molecule has 0 bridgehead atoms. The van der Waals surface area contributed by atoms with E-state index in [9.17, 15) is 4.79 Å². The van der Waals surface area contributed by atoms with E-state index >= 15 is 0 Å². The zero-order chi connectivity index (χ0) is 19.9. The minimum absolute atomic E-state index is 0.0693. The van der Waals surface area contributed by atoms with Gasteiger partial charge in [-0.1, -0.05) is 48.0 Å². The number of carbonyl (C=O) groups excluding carboxylic acids is 1. The van der Waals surface area contributed by atoms with Gasteiger partial charge in [0, 0.05) is 22.9 Å². The van der Waals surface area contributed by atoms with Crippen molar-refractivity contribution in [2.24, 2.45) is 0 Å². The Hall–Kier alpha value is -2.98. The lowest BCUT2D eigenvalue weighted by atomic mass is 10.1. The van der Waals surface area contributed by atoms with E-state index < -0.39 is 0 Å². The lowest BCUT2D eigenvalue weighted by Crippen LogP contribution is -2.20. The molecule has 0 aliphatic rings. The molecule has 4 nitrogen and oxygen atoms in total. The fourth-order valence-electron chi connectivity index (χ4n) is 2.73. The molecular weight excluding hydrogens is 372 g/mol. The zero-order valence-corrected chi connectivity index (χ0v) is 16.7. The second-order valence-electron chi connectivity index (χ2n) is 6.62. The quantitative estimate of drug-likeness (QED) is 0.549. The van der Waals surface area contributed by atoms with Gasteiger partial charge in [-0.05, 0) is 60.9 Å². The lowest BCUT2D eigenvalue weighted by Gasteiger charge is -2.11. The van der Waals surface area contributed by atoms with Crippen LogP contribution in [0.2, 0.25) is 5.02 Å². The molecule has 1 amide bonds. The van der Waals surface area contributed by atoms with Crippen molar-refractivity contribution in [3.63, 3.8) is 0 Å². The van der Waals surface area contributed by atoms with Gasteiger partial charge in [-0.25, -0.2) is 0 Å². The topological polar surface area (TPSA) is 50.4 Å². The average molecular weight is 395 g/mol. The number of amides is 1. The summed E-state index contributed by atoms with van der Waals surface area (Å²) in [5, 5.41) is 6.82. The number of hydrogen-bond donors (Lipinski definition) is 2. The van der Waals surface area contributed by atoms with Gasteiger partial charge in [0.25, 0.3) is 5.91 Å². The lowest BCUT2D eigenvalue weighted by molar-refractivity contribution is -0.118. The maximum absolute atomic E-state index is 12.1. The van der Waals surface area contributed by atoms with Gasteiger partial charge in [-0.3, -0.25) is 4.79 Å². The van der Waals surface area contributed by atoms with E-state index in [1.54, 1.807) is 6.07 Å². The molecule has 0 aliphatic carbocycles. The van der Waals surface area contributed by atoms with Gasteiger partial charge in [-0.15, -0.1) is 0 Å². The monoisotopic (exact) mass is 394 g/mol. The van der Waals surface area contributed by atoms with Gasteiger partial charge in [0.15, 0.2) is 6.61 Å². The van der Waals surface area contributed by atoms with Crippen molar-refractivity contribution < 1.29 is 9.53 Å². The molecule has 0 radical (unpaired) electrons. The average Bonchev–Trinajstić information content (AvgIpc) is 2.69. The molecule has 0 aromatic heterocycles. The Morgan fingerprint density at radius 2 is 1.79 bits per heavy atom. The first-order valence-electron chi connectivity index (χ1n) is 9.08. The first-order valence-corrected chi connectivity index (χ1v) is 9.46. The fourth-order valence-corrected chi connectivity index (χ4v) is 2.91. The highest BCUT2D eigenvalue weighted by Gasteiger charge is 2.06. The Balaban J connectivity index is 1.53. The van der Waals surface area contributed by atoms with E-state index in [2.05, 4.69) is 29.7 Å². The summed E-state index contributed by atoms with van der Waals surface area (Å²) in [5.41, 5.74) is 4.99. The molecular formula is C23H23ClN2O2. The fraction of sp³-hybridized carbons (Fsp3) is 0.174. The van der Waals surface area contributed by atoms with Gasteiger partial charge < -0.3 is 15.4 Å². The molecule has 3 aromatic rings. The summed E-state index contributed by atoms with van der Waals surface area (Å²) in [6, 6.07) is 21.3. The number of nitrogens with one attached hydrogen (secondary N) is 2. The van der Waals surface area contributed by atoms with Crippen LogP contribution in [0, 0.1) is 13.8 Å². The minimum atomic E-state index is -0.233. The Bertz CT molecular complexity index is 972. The second kappa shape index (κ2) is 9.29. The number of ether oxygens (including phenoxy) is 1. The predicted molar refractivity (Wildman–Crippen MR) is 115 cm³/mol. The first kappa shape index (κ1) is 19.8. The molecule has 0 heterocycles. The van der Waals surface area contributed by atoms with Crippen LogP contribution in [-0.4, -0.2) is 12.5 Å². The van der Waals surface area contributed by atoms with Crippen molar-refractivity contribution in [3.8, 4) is 5.75 Å². The highest BCUT2D eigenvalue weighted by molar-refractivity contribution is 6.31. The van der Waals surface area contributed by atoms with Crippen LogP contribution >= 0.6 is 11.6 Å². The molecule has 0 atom stereocenters. The van der Waals surface area contributed by atoms with Crippen LogP contribution in [0.3, 0.4) is 0 Å². The molecule has 5 heteroatoms. The third kappa shape index (κ3) is 5.51. The predicted octanol–water partition coefficient (Wildman–Crippen LogP) is 5.59. The molecule has 0 fully saturated rings. The highest BCUT2D eigenvalue weighted by Crippen LogP contribution is 2.20. The van der Waals surface area contributed by atoms with Crippen molar-refractivity contribution in [2.75, 3.05) is 17.2 Å². The first-order chi connectivity index (χ1) is 13.5. The van der Waals surface area contributed by atoms with Crippen molar-refractivity contribution in [3.05, 3.63) is 88.4 Å². The van der Waals surface area contributed by atoms with Gasteiger partial charge in [0.2, 0.25) is 0 Å². The van der Waals surface area contributed by atoms with Crippen molar-refractivity contribution >= 4 is 28.9 Å². The maximum atomic E-state index is 12.1. The normalized spacial score (nSPS) is 10.4. The Kier molecular flexibility index (Phi) is 6.56. The summed E-state index contributed by atoms with van der Waals surface area (Å²) in [4.78, 5) is 12.1. The largest absolute Gasteiger partial charge is 0.484 e. The molecule has 28 heavy (non-hydrogen) atoms. The summed E-state index contributed by atoms with van der Waals surface area (Å²) in [6.07, 6.45) is 0. The van der Waals surface area contributed by atoms with Crippen LogP contribution < -0.4 is 15.4 Å². The van der Waals surface area contributed by atoms with Crippen molar-refractivity contribution in [2.45, 2.75) is 20.4 Å². The zero-order valence-electron chi connectivity index (χ0n) is 16.0. The Morgan fingerprint density at radius 3 is 2.57 bits per heavy atom. The van der Waals surface area contributed by atoms with Gasteiger partial charge >= 0.3 is 0 Å². The van der Waals surface area contributed by atoms with Crippen LogP contribution in [0.15, 0.2) is 66.7 Å². The molecule has 0 unspecified atom stereocenters. The van der Waals surface area contributed by atoms with Crippen LogP contribution in [0.4, 0.5) is 11.4 Å². The van der Waals surface area contributed by atoms with Crippen molar-refractivity contribution in [1.29, 1.82) is 0 Å². The summed E-state index contributed by atoms with van der Waals surface area (Å²) in [7, 11) is 0. The number of rotatable bonds is 7. The van der Waals surface area contributed by atoms with Gasteiger partial charge in [0.1, 0.15) is 5.75 Å². The second-order valence-corrected chi connectivity index (χ2v) is 7.02. The Labute approximate surface area is 170 Å². The standard InChI is InChI=1S/C23H23ClN2O2/c1-16-10-11-19(13-21(16)24)26-23(27)15-28-20-8-5-7-18(12-20)14-25-22-9-4-3-6-17(22)2/h3-13,25H,14-15H2,1-2H3,(H,26,27). The third-order valence-corrected chi connectivity index (χ3v) is 4.76. The van der Waals surface area contributed by atoms with Gasteiger partial charge in [-0.2, -0.15) is 0 Å². The molecule has 144 valence electrons. The van der Waals surface area contributed by atoms with Crippen molar-refractivity contribution in [1.82, 2.24) is 0 Å². The smallest absolute Gasteiger partial charge is 0.262 e. The summed E-state index contributed by atoms with van der Waals surface area (Å²) in [5.74, 6) is 0.421. The van der Waals surface area contributed by atoms with E-state index in [0.717, 1.165) is 16.8 Å². The molecule has 2 N–H and O–H groups in total. The van der Waals surface area contributed by atoms with E-state index in [4.69, 9.17) is 16.3 Å².